The predicted molar refractivity (Wildman–Crippen MR) is 103 cm³/mol. The van der Waals surface area contributed by atoms with Gasteiger partial charge in [0.1, 0.15) is 11.3 Å². The van der Waals surface area contributed by atoms with Crippen LogP contribution in [0.4, 0.5) is 11.4 Å². The van der Waals surface area contributed by atoms with Crippen molar-refractivity contribution in [1.82, 2.24) is 15.0 Å². The lowest BCUT2D eigenvalue weighted by Crippen LogP contribution is -2.31. The molecule has 1 aliphatic carbocycles. The standard InChI is InChI=1S/C20H23N5O/c1-13-10-16(6-7-22-13)25-15-2-4-17(5-3-15)26-19-12-14(21)11-18-20(19)24-9-8-23-18/h6-12,15,17H,2-5,21H2,1H3,(H,22,25). The fourth-order valence-electron chi connectivity index (χ4n) is 3.53. The monoisotopic (exact) mass is 349 g/mol. The highest BCUT2D eigenvalue weighted by molar-refractivity contribution is 5.84. The molecule has 1 aliphatic rings. The van der Waals surface area contributed by atoms with Gasteiger partial charge in [-0.1, -0.05) is 0 Å². The number of nitrogens with one attached hydrogen (secondary N) is 1. The number of aryl methyl sites for hydroxylation is 1. The molecule has 2 heterocycles. The van der Waals surface area contributed by atoms with E-state index < -0.39 is 0 Å². The molecule has 4 rings (SSSR count). The Morgan fingerprint density at radius 3 is 2.62 bits per heavy atom. The van der Waals surface area contributed by atoms with Crippen molar-refractivity contribution in [3.05, 3.63) is 48.5 Å². The van der Waals surface area contributed by atoms with Gasteiger partial charge in [0.05, 0.1) is 11.6 Å². The minimum absolute atomic E-state index is 0.180. The number of hydrogen-bond acceptors (Lipinski definition) is 6. The number of nitrogens with zero attached hydrogens (tertiary/aromatic N) is 3. The predicted octanol–water partition coefficient (Wildman–Crippen LogP) is 3.72. The minimum Gasteiger partial charge on any atom is -0.488 e. The van der Waals surface area contributed by atoms with Crippen LogP contribution in [0.25, 0.3) is 11.0 Å². The molecule has 3 aromatic rings. The van der Waals surface area contributed by atoms with Crippen LogP contribution in [0, 0.1) is 6.92 Å². The zero-order chi connectivity index (χ0) is 17.9. The molecule has 6 heteroatoms. The van der Waals surface area contributed by atoms with Crippen LogP contribution in [0.2, 0.25) is 0 Å². The third-order valence-corrected chi connectivity index (χ3v) is 4.80. The molecule has 0 radical (unpaired) electrons. The quantitative estimate of drug-likeness (QED) is 0.698. The third-order valence-electron chi connectivity index (χ3n) is 4.80. The Hall–Kier alpha value is -2.89. The van der Waals surface area contributed by atoms with Crippen LogP contribution in [0.15, 0.2) is 42.9 Å². The van der Waals surface area contributed by atoms with Gasteiger partial charge in [-0.25, -0.2) is 4.98 Å². The number of benzene rings is 1. The Balaban J connectivity index is 1.40. The lowest BCUT2D eigenvalue weighted by molar-refractivity contribution is 0.152. The summed E-state index contributed by atoms with van der Waals surface area (Å²) in [5.41, 5.74) is 10.3. The first-order chi connectivity index (χ1) is 12.7. The number of anilines is 2. The summed E-state index contributed by atoms with van der Waals surface area (Å²) in [5, 5.41) is 3.61. The molecule has 0 unspecified atom stereocenters. The van der Waals surface area contributed by atoms with Crippen LogP contribution in [-0.4, -0.2) is 27.1 Å². The minimum atomic E-state index is 0.180. The van der Waals surface area contributed by atoms with Crippen molar-refractivity contribution in [3.8, 4) is 5.75 Å². The topological polar surface area (TPSA) is 86.0 Å². The van der Waals surface area contributed by atoms with E-state index in [-0.39, 0.29) is 6.10 Å². The number of ether oxygens (including phenoxy) is 1. The molecule has 26 heavy (non-hydrogen) atoms. The largest absolute Gasteiger partial charge is 0.488 e. The van der Waals surface area contributed by atoms with Gasteiger partial charge in [-0.15, -0.1) is 0 Å². The molecule has 2 aromatic heterocycles. The van der Waals surface area contributed by atoms with Crippen molar-refractivity contribution in [3.63, 3.8) is 0 Å². The van der Waals surface area contributed by atoms with Crippen LogP contribution < -0.4 is 15.8 Å². The van der Waals surface area contributed by atoms with Crippen LogP contribution in [0.1, 0.15) is 31.4 Å². The van der Waals surface area contributed by atoms with E-state index in [0.29, 0.717) is 11.7 Å². The summed E-state index contributed by atoms with van der Waals surface area (Å²) in [6.07, 6.45) is 9.51. The molecule has 0 aliphatic heterocycles. The van der Waals surface area contributed by atoms with E-state index in [9.17, 15) is 0 Å². The summed E-state index contributed by atoms with van der Waals surface area (Å²) in [6.45, 7) is 2.01. The summed E-state index contributed by atoms with van der Waals surface area (Å²) < 4.78 is 6.25. The summed E-state index contributed by atoms with van der Waals surface area (Å²) >= 11 is 0. The molecule has 0 saturated heterocycles. The maximum Gasteiger partial charge on any atom is 0.149 e. The Bertz CT molecular complexity index is 906. The molecular weight excluding hydrogens is 326 g/mol. The average Bonchev–Trinajstić information content (AvgIpc) is 2.63. The maximum atomic E-state index is 6.25. The van der Waals surface area contributed by atoms with Gasteiger partial charge in [0.15, 0.2) is 0 Å². The molecule has 6 nitrogen and oxygen atoms in total. The summed E-state index contributed by atoms with van der Waals surface area (Å²) in [5.74, 6) is 0.731. The number of rotatable bonds is 4. The molecule has 1 fully saturated rings. The highest BCUT2D eigenvalue weighted by atomic mass is 16.5. The molecule has 3 N–H and O–H groups in total. The normalized spacial score (nSPS) is 20.0. The highest BCUT2D eigenvalue weighted by Crippen LogP contribution is 2.30. The molecule has 134 valence electrons. The SMILES string of the molecule is Cc1cc(NC2CCC(Oc3cc(N)cc4nccnc34)CC2)ccn1. The number of pyridine rings is 1. The highest BCUT2D eigenvalue weighted by Gasteiger charge is 2.23. The first-order valence-electron chi connectivity index (χ1n) is 9.03. The fourth-order valence-corrected chi connectivity index (χ4v) is 3.53. The van der Waals surface area contributed by atoms with Gasteiger partial charge < -0.3 is 15.8 Å². The van der Waals surface area contributed by atoms with Crippen LogP contribution >= 0.6 is 0 Å². The van der Waals surface area contributed by atoms with E-state index in [0.717, 1.165) is 53.8 Å². The summed E-state index contributed by atoms with van der Waals surface area (Å²) in [6, 6.07) is 8.25. The van der Waals surface area contributed by atoms with Crippen molar-refractivity contribution >= 4 is 22.4 Å². The van der Waals surface area contributed by atoms with Crippen molar-refractivity contribution in [2.75, 3.05) is 11.1 Å². The lowest BCUT2D eigenvalue weighted by Gasteiger charge is -2.30. The number of hydrogen-bond donors (Lipinski definition) is 2. The van der Waals surface area contributed by atoms with Crippen molar-refractivity contribution in [1.29, 1.82) is 0 Å². The number of nitrogens with two attached hydrogens (primary N) is 1. The van der Waals surface area contributed by atoms with E-state index in [1.54, 1.807) is 12.4 Å². The van der Waals surface area contributed by atoms with Crippen LogP contribution in [-0.2, 0) is 0 Å². The van der Waals surface area contributed by atoms with E-state index in [1.807, 2.05) is 31.3 Å². The molecular formula is C20H23N5O. The average molecular weight is 349 g/mol. The zero-order valence-electron chi connectivity index (χ0n) is 14.9. The second-order valence-corrected chi connectivity index (χ2v) is 6.86. The Labute approximate surface area is 152 Å². The van der Waals surface area contributed by atoms with Crippen LogP contribution in [0.3, 0.4) is 0 Å². The Morgan fingerprint density at radius 2 is 1.81 bits per heavy atom. The van der Waals surface area contributed by atoms with Gasteiger partial charge in [-0.2, -0.15) is 0 Å². The van der Waals surface area contributed by atoms with Crippen molar-refractivity contribution in [2.45, 2.75) is 44.8 Å². The van der Waals surface area contributed by atoms with Gasteiger partial charge in [-0.05, 0) is 50.8 Å². The fraction of sp³-hybridized carbons (Fsp3) is 0.350. The summed E-state index contributed by atoms with van der Waals surface area (Å²) in [7, 11) is 0. The first-order valence-corrected chi connectivity index (χ1v) is 9.03. The third kappa shape index (κ3) is 3.69. The van der Waals surface area contributed by atoms with E-state index in [1.165, 1.54) is 0 Å². The number of fused-ring (bicyclic) bond motifs is 1. The van der Waals surface area contributed by atoms with Gasteiger partial charge in [-0.3, -0.25) is 9.97 Å². The summed E-state index contributed by atoms with van der Waals surface area (Å²) in [4.78, 5) is 13.0. The zero-order valence-corrected chi connectivity index (χ0v) is 14.9. The van der Waals surface area contributed by atoms with Gasteiger partial charge in [0.25, 0.3) is 0 Å². The Morgan fingerprint density at radius 1 is 1.00 bits per heavy atom. The maximum absolute atomic E-state index is 6.25. The Kier molecular flexibility index (Phi) is 4.56. The van der Waals surface area contributed by atoms with Gasteiger partial charge in [0, 0.05) is 47.8 Å². The van der Waals surface area contributed by atoms with Crippen LogP contribution in [0.5, 0.6) is 5.75 Å². The van der Waals surface area contributed by atoms with Gasteiger partial charge >= 0.3 is 0 Å². The molecule has 0 amide bonds. The van der Waals surface area contributed by atoms with Gasteiger partial charge in [0.2, 0.25) is 0 Å². The van der Waals surface area contributed by atoms with E-state index >= 15 is 0 Å². The molecule has 1 aromatic carbocycles. The molecule has 0 spiro atoms. The van der Waals surface area contributed by atoms with E-state index in [4.69, 9.17) is 10.5 Å². The van der Waals surface area contributed by atoms with E-state index in [2.05, 4.69) is 26.3 Å². The molecule has 0 atom stereocenters. The molecule has 0 bridgehead atoms. The van der Waals surface area contributed by atoms with Crippen molar-refractivity contribution < 1.29 is 4.74 Å². The number of aromatic nitrogens is 3. The second kappa shape index (κ2) is 7.15. The lowest BCUT2D eigenvalue weighted by atomic mass is 9.92. The second-order valence-electron chi connectivity index (χ2n) is 6.86. The van der Waals surface area contributed by atoms with Crippen molar-refractivity contribution in [2.24, 2.45) is 0 Å². The number of nitrogen functional groups attached to an aromatic ring is 1. The molecule has 1 saturated carbocycles. The first kappa shape index (κ1) is 16.6. The smallest absolute Gasteiger partial charge is 0.149 e.